The van der Waals surface area contributed by atoms with Crippen LogP contribution in [0.3, 0.4) is 0 Å². The molecule has 0 aliphatic carbocycles. The van der Waals surface area contributed by atoms with Crippen molar-refractivity contribution in [3.05, 3.63) is 17.7 Å². The molecule has 1 aliphatic rings. The zero-order valence-corrected chi connectivity index (χ0v) is 11.4. The number of morpholine rings is 1. The van der Waals surface area contributed by atoms with E-state index in [0.717, 1.165) is 0 Å². The molecule has 0 aromatic carbocycles. The predicted molar refractivity (Wildman–Crippen MR) is 68.2 cm³/mol. The Balaban J connectivity index is 2.11. The molecule has 2 heterocycles. The number of hydrogen-bond acceptors (Lipinski definition) is 5. The Morgan fingerprint density at radius 3 is 2.60 bits per heavy atom. The van der Waals surface area contributed by atoms with E-state index in [-0.39, 0.29) is 36.0 Å². The molecule has 0 saturated carbocycles. The fraction of sp³-hybridized carbons (Fsp3) is 0.538. The number of hydrogen-bond donors (Lipinski definition) is 0. The monoisotopic (exact) mass is 273 g/mol. The zero-order chi connectivity index (χ0) is 14.7. The van der Waals surface area contributed by atoms with E-state index in [1.54, 1.807) is 4.90 Å². The number of nitrogens with zero attached hydrogens (tertiary/aromatic N) is 5. The fourth-order valence-corrected chi connectivity index (χ4v) is 2.33. The average molecular weight is 273 g/mol. The molecule has 1 fully saturated rings. The maximum Gasteiger partial charge on any atom is 0.242 e. The van der Waals surface area contributed by atoms with Gasteiger partial charge in [-0.25, -0.2) is 4.98 Å². The predicted octanol–water partition coefficient (Wildman–Crippen LogP) is 0.262. The highest BCUT2D eigenvalue weighted by molar-refractivity contribution is 5.76. The summed E-state index contributed by atoms with van der Waals surface area (Å²) in [6, 6.07) is 3.74. The van der Waals surface area contributed by atoms with Gasteiger partial charge in [-0.3, -0.25) is 4.79 Å². The molecular formula is C13H15N5O2. The zero-order valence-electron chi connectivity index (χ0n) is 11.4. The summed E-state index contributed by atoms with van der Waals surface area (Å²) in [6.07, 6.45) is 1.34. The highest BCUT2D eigenvalue weighted by Crippen LogP contribution is 2.12. The van der Waals surface area contributed by atoms with Crippen molar-refractivity contribution in [2.24, 2.45) is 0 Å². The first-order valence-electron chi connectivity index (χ1n) is 6.33. The Morgan fingerprint density at radius 2 is 2.05 bits per heavy atom. The molecule has 0 bridgehead atoms. The van der Waals surface area contributed by atoms with E-state index in [9.17, 15) is 4.79 Å². The molecule has 2 unspecified atom stereocenters. The van der Waals surface area contributed by atoms with Crippen LogP contribution in [0.25, 0.3) is 0 Å². The van der Waals surface area contributed by atoms with Crippen LogP contribution in [-0.2, 0) is 16.1 Å². The lowest BCUT2D eigenvalue weighted by Crippen LogP contribution is -2.49. The first kappa shape index (κ1) is 14.0. The first-order chi connectivity index (χ1) is 9.55. The van der Waals surface area contributed by atoms with Gasteiger partial charge in [0.05, 0.1) is 18.5 Å². The van der Waals surface area contributed by atoms with E-state index in [2.05, 4.69) is 4.98 Å². The summed E-state index contributed by atoms with van der Waals surface area (Å²) >= 11 is 0. The van der Waals surface area contributed by atoms with E-state index in [4.69, 9.17) is 15.3 Å². The van der Waals surface area contributed by atoms with Gasteiger partial charge >= 0.3 is 0 Å². The van der Waals surface area contributed by atoms with Crippen LogP contribution in [-0.4, -0.2) is 45.7 Å². The van der Waals surface area contributed by atoms with Crippen molar-refractivity contribution in [2.75, 3.05) is 13.1 Å². The lowest BCUT2D eigenvalue weighted by molar-refractivity contribution is -0.143. The molecule has 1 saturated heterocycles. The van der Waals surface area contributed by atoms with Crippen LogP contribution in [0.4, 0.5) is 0 Å². The van der Waals surface area contributed by atoms with Crippen LogP contribution >= 0.6 is 0 Å². The number of imidazole rings is 1. The van der Waals surface area contributed by atoms with Crippen molar-refractivity contribution in [3.8, 4) is 12.1 Å². The van der Waals surface area contributed by atoms with Crippen molar-refractivity contribution in [1.29, 1.82) is 10.5 Å². The highest BCUT2D eigenvalue weighted by atomic mass is 16.5. The molecule has 1 aliphatic heterocycles. The summed E-state index contributed by atoms with van der Waals surface area (Å²) in [5.74, 6) is -0.106. The fourth-order valence-electron chi connectivity index (χ4n) is 2.33. The van der Waals surface area contributed by atoms with Crippen molar-refractivity contribution in [2.45, 2.75) is 32.6 Å². The summed E-state index contributed by atoms with van der Waals surface area (Å²) in [5.41, 5.74) is 0.166. The number of carbonyl (C=O) groups excluding carboxylic acids is 1. The van der Waals surface area contributed by atoms with Crippen LogP contribution in [0.5, 0.6) is 0 Å². The molecule has 20 heavy (non-hydrogen) atoms. The summed E-state index contributed by atoms with van der Waals surface area (Å²) in [7, 11) is 0. The van der Waals surface area contributed by atoms with Gasteiger partial charge in [0.15, 0.2) is 11.4 Å². The molecule has 1 aromatic rings. The van der Waals surface area contributed by atoms with Gasteiger partial charge in [0.25, 0.3) is 0 Å². The number of carbonyl (C=O) groups is 1. The Labute approximate surface area is 117 Å². The highest BCUT2D eigenvalue weighted by Gasteiger charge is 2.26. The largest absolute Gasteiger partial charge is 0.372 e. The van der Waals surface area contributed by atoms with Crippen LogP contribution in [0.2, 0.25) is 0 Å². The van der Waals surface area contributed by atoms with Crippen LogP contribution in [0.15, 0.2) is 6.33 Å². The molecule has 1 amide bonds. The minimum Gasteiger partial charge on any atom is -0.372 e. The molecule has 0 spiro atoms. The van der Waals surface area contributed by atoms with Gasteiger partial charge in [-0.2, -0.15) is 10.5 Å². The first-order valence-corrected chi connectivity index (χ1v) is 6.33. The molecule has 2 atom stereocenters. The molecule has 2 rings (SSSR count). The molecule has 7 nitrogen and oxygen atoms in total. The molecule has 1 aromatic heterocycles. The number of amides is 1. The van der Waals surface area contributed by atoms with E-state index in [1.165, 1.54) is 10.9 Å². The van der Waals surface area contributed by atoms with Crippen LogP contribution in [0.1, 0.15) is 25.2 Å². The standard InChI is InChI=1S/C13H15N5O2/c1-9-5-17(6-10(2)20-9)13(19)7-18-8-16-11(3-14)12(18)4-15/h8-10H,5-7H2,1-2H3. The third-order valence-electron chi connectivity index (χ3n) is 3.13. The Kier molecular flexibility index (Phi) is 4.02. The van der Waals surface area contributed by atoms with E-state index < -0.39 is 0 Å². The van der Waals surface area contributed by atoms with Gasteiger partial charge in [0, 0.05) is 13.1 Å². The maximum absolute atomic E-state index is 12.3. The number of ether oxygens (including phenoxy) is 1. The minimum atomic E-state index is -0.106. The second kappa shape index (κ2) is 5.72. The van der Waals surface area contributed by atoms with Crippen LogP contribution in [0, 0.1) is 22.7 Å². The van der Waals surface area contributed by atoms with E-state index >= 15 is 0 Å². The normalized spacial score (nSPS) is 22.1. The summed E-state index contributed by atoms with van der Waals surface area (Å²) in [6.45, 7) is 4.91. The second-order valence-corrected chi connectivity index (χ2v) is 4.85. The van der Waals surface area contributed by atoms with E-state index in [0.29, 0.717) is 13.1 Å². The van der Waals surface area contributed by atoms with Crippen molar-refractivity contribution >= 4 is 5.91 Å². The van der Waals surface area contributed by atoms with Crippen molar-refractivity contribution < 1.29 is 9.53 Å². The number of rotatable bonds is 2. The van der Waals surface area contributed by atoms with Gasteiger partial charge in [-0.15, -0.1) is 0 Å². The SMILES string of the molecule is CC1CN(C(=O)Cn2cnc(C#N)c2C#N)CC(C)O1. The smallest absolute Gasteiger partial charge is 0.242 e. The van der Waals surface area contributed by atoms with Gasteiger partial charge in [0.2, 0.25) is 5.91 Å². The topological polar surface area (TPSA) is 94.9 Å². The average Bonchev–Trinajstić information content (AvgIpc) is 2.79. The third-order valence-corrected chi connectivity index (χ3v) is 3.13. The lowest BCUT2D eigenvalue weighted by Gasteiger charge is -2.35. The van der Waals surface area contributed by atoms with E-state index in [1.807, 2.05) is 26.0 Å². The number of nitriles is 2. The second-order valence-electron chi connectivity index (χ2n) is 4.85. The summed E-state index contributed by atoms with van der Waals surface area (Å²) in [4.78, 5) is 17.8. The van der Waals surface area contributed by atoms with Gasteiger partial charge in [-0.1, -0.05) is 0 Å². The van der Waals surface area contributed by atoms with Gasteiger partial charge in [-0.05, 0) is 13.8 Å². The minimum absolute atomic E-state index is 0.00408. The molecule has 0 N–H and O–H groups in total. The third kappa shape index (κ3) is 2.79. The maximum atomic E-state index is 12.3. The summed E-state index contributed by atoms with van der Waals surface area (Å²) in [5, 5.41) is 17.8. The van der Waals surface area contributed by atoms with Crippen molar-refractivity contribution in [1.82, 2.24) is 14.5 Å². The molecular weight excluding hydrogens is 258 g/mol. The van der Waals surface area contributed by atoms with Gasteiger partial charge < -0.3 is 14.2 Å². The molecule has 7 heteroatoms. The van der Waals surface area contributed by atoms with Crippen LogP contribution < -0.4 is 0 Å². The van der Waals surface area contributed by atoms with Crippen molar-refractivity contribution in [3.63, 3.8) is 0 Å². The Hall–Kier alpha value is -2.38. The Morgan fingerprint density at radius 1 is 1.40 bits per heavy atom. The molecule has 0 radical (unpaired) electrons. The van der Waals surface area contributed by atoms with Gasteiger partial charge in [0.1, 0.15) is 18.7 Å². The quantitative estimate of drug-likeness (QED) is 0.770. The Bertz CT molecular complexity index is 585. The lowest BCUT2D eigenvalue weighted by atomic mass is 10.2. The molecule has 104 valence electrons. The summed E-state index contributed by atoms with van der Waals surface area (Å²) < 4.78 is 6.98. The number of aromatic nitrogens is 2.